The highest BCUT2D eigenvalue weighted by Gasteiger charge is 2.23. The van der Waals surface area contributed by atoms with Gasteiger partial charge in [0.25, 0.3) is 0 Å². The summed E-state index contributed by atoms with van der Waals surface area (Å²) in [6.07, 6.45) is 1.35. The monoisotopic (exact) mass is 377 g/mol. The fourth-order valence-corrected chi connectivity index (χ4v) is 4.33. The lowest BCUT2D eigenvalue weighted by atomic mass is 10.1. The average molecular weight is 378 g/mol. The van der Waals surface area contributed by atoms with Crippen molar-refractivity contribution in [2.75, 3.05) is 25.7 Å². The molecule has 21 heavy (non-hydrogen) atoms. The quantitative estimate of drug-likeness (QED) is 0.851. The first-order chi connectivity index (χ1) is 9.95. The number of hydrogen-bond acceptors (Lipinski definition) is 5. The summed E-state index contributed by atoms with van der Waals surface area (Å²) < 4.78 is 34.3. The summed E-state index contributed by atoms with van der Waals surface area (Å²) in [5.74, 6) is 1.91. The number of halogens is 1. The van der Waals surface area contributed by atoms with Gasteiger partial charge in [-0.2, -0.15) is 0 Å². The third-order valence-corrected chi connectivity index (χ3v) is 6.14. The van der Waals surface area contributed by atoms with E-state index in [1.807, 2.05) is 12.1 Å². The first-order valence-electron chi connectivity index (χ1n) is 6.79. The summed E-state index contributed by atoms with van der Waals surface area (Å²) >= 11 is 3.52. The highest BCUT2D eigenvalue weighted by molar-refractivity contribution is 9.10. The zero-order valence-electron chi connectivity index (χ0n) is 12.2. The highest BCUT2D eigenvalue weighted by Crippen LogP contribution is 2.33. The van der Waals surface area contributed by atoms with Crippen molar-refractivity contribution in [2.24, 2.45) is 0 Å². The van der Waals surface area contributed by atoms with Gasteiger partial charge in [0.05, 0.1) is 25.7 Å². The lowest BCUT2D eigenvalue weighted by molar-refractivity contribution is 0.354. The molecule has 0 amide bonds. The van der Waals surface area contributed by atoms with Crippen LogP contribution in [0.5, 0.6) is 11.5 Å². The predicted molar refractivity (Wildman–Crippen MR) is 85.8 cm³/mol. The highest BCUT2D eigenvalue weighted by atomic mass is 79.9. The fraction of sp³-hybridized carbons (Fsp3) is 0.571. The molecule has 0 aromatic heterocycles. The molecular formula is C14H20BrNO4S. The molecule has 1 aromatic carbocycles. The van der Waals surface area contributed by atoms with E-state index < -0.39 is 9.84 Å². The Morgan fingerprint density at radius 1 is 1.19 bits per heavy atom. The van der Waals surface area contributed by atoms with Crippen LogP contribution in [0.3, 0.4) is 0 Å². The third-order valence-electron chi connectivity index (χ3n) is 3.69. The molecule has 1 saturated heterocycles. The topological polar surface area (TPSA) is 64.6 Å². The number of ether oxygens (including phenoxy) is 2. The summed E-state index contributed by atoms with van der Waals surface area (Å²) in [7, 11) is 0.396. The van der Waals surface area contributed by atoms with Crippen LogP contribution in [0.25, 0.3) is 0 Å². The van der Waals surface area contributed by atoms with Gasteiger partial charge < -0.3 is 14.8 Å². The normalized spacial score (nSPS) is 18.4. The Morgan fingerprint density at radius 2 is 1.76 bits per heavy atom. The van der Waals surface area contributed by atoms with E-state index in [2.05, 4.69) is 21.2 Å². The van der Waals surface area contributed by atoms with Gasteiger partial charge in [-0.15, -0.1) is 0 Å². The molecule has 1 aliphatic rings. The molecule has 0 unspecified atom stereocenters. The molecule has 1 N–H and O–H groups in total. The Labute approximate surface area is 134 Å². The summed E-state index contributed by atoms with van der Waals surface area (Å²) in [5, 5.41) is 3.41. The minimum absolute atomic E-state index is 0.244. The zero-order chi connectivity index (χ0) is 15.5. The van der Waals surface area contributed by atoms with E-state index in [1.165, 1.54) is 0 Å². The smallest absolute Gasteiger partial charge is 0.161 e. The maximum atomic E-state index is 11.4. The van der Waals surface area contributed by atoms with Crippen molar-refractivity contribution in [3.05, 3.63) is 22.2 Å². The number of rotatable bonds is 5. The van der Waals surface area contributed by atoms with Crippen molar-refractivity contribution in [3.63, 3.8) is 0 Å². The van der Waals surface area contributed by atoms with E-state index in [-0.39, 0.29) is 17.5 Å². The molecule has 2 rings (SSSR count). The molecule has 0 atom stereocenters. The maximum absolute atomic E-state index is 11.4. The van der Waals surface area contributed by atoms with E-state index in [4.69, 9.17) is 9.47 Å². The molecule has 0 spiro atoms. The molecule has 1 heterocycles. The van der Waals surface area contributed by atoms with Gasteiger partial charge in [0.2, 0.25) is 0 Å². The second-order valence-electron chi connectivity index (χ2n) is 5.11. The van der Waals surface area contributed by atoms with Crippen LogP contribution in [0.2, 0.25) is 0 Å². The molecule has 1 fully saturated rings. The van der Waals surface area contributed by atoms with Crippen molar-refractivity contribution >= 4 is 25.8 Å². The van der Waals surface area contributed by atoms with Crippen molar-refractivity contribution in [2.45, 2.75) is 25.4 Å². The van der Waals surface area contributed by atoms with Gasteiger partial charge in [-0.25, -0.2) is 8.42 Å². The van der Waals surface area contributed by atoms with Gasteiger partial charge in [0.1, 0.15) is 9.84 Å². The van der Waals surface area contributed by atoms with Crippen molar-refractivity contribution < 1.29 is 17.9 Å². The number of hydrogen-bond donors (Lipinski definition) is 1. The molecule has 0 saturated carbocycles. The Bertz CT molecular complexity index is 589. The van der Waals surface area contributed by atoms with Crippen LogP contribution in [0.4, 0.5) is 0 Å². The Hall–Kier alpha value is -0.790. The van der Waals surface area contributed by atoms with Gasteiger partial charge in [-0.3, -0.25) is 0 Å². The van der Waals surface area contributed by atoms with Crippen molar-refractivity contribution in [1.82, 2.24) is 5.32 Å². The van der Waals surface area contributed by atoms with Crippen LogP contribution in [-0.4, -0.2) is 40.2 Å². The molecule has 7 heteroatoms. The Morgan fingerprint density at radius 3 is 2.33 bits per heavy atom. The summed E-state index contributed by atoms with van der Waals surface area (Å²) in [6, 6.07) is 4.05. The largest absolute Gasteiger partial charge is 0.493 e. The molecule has 0 aliphatic carbocycles. The fourth-order valence-electron chi connectivity index (χ4n) is 2.38. The predicted octanol–water partition coefficient (Wildman–Crippen LogP) is 2.13. The molecular weight excluding hydrogens is 358 g/mol. The number of nitrogens with one attached hydrogen (secondary N) is 1. The minimum Gasteiger partial charge on any atom is -0.493 e. The van der Waals surface area contributed by atoms with Gasteiger partial charge in [0, 0.05) is 17.1 Å². The summed E-state index contributed by atoms with van der Waals surface area (Å²) in [6.45, 7) is 0.658. The molecule has 1 aromatic rings. The number of benzene rings is 1. The van der Waals surface area contributed by atoms with Crippen LogP contribution in [0, 0.1) is 0 Å². The number of methoxy groups -OCH3 is 2. The SMILES string of the molecule is COc1cc(Br)c(CNC2CCS(=O)(=O)CC2)cc1OC. The third kappa shape index (κ3) is 4.34. The first kappa shape index (κ1) is 16.6. The van der Waals surface area contributed by atoms with Crippen LogP contribution < -0.4 is 14.8 Å². The van der Waals surface area contributed by atoms with Crippen LogP contribution in [0.1, 0.15) is 18.4 Å². The van der Waals surface area contributed by atoms with Gasteiger partial charge >= 0.3 is 0 Å². The first-order valence-corrected chi connectivity index (χ1v) is 9.41. The van der Waals surface area contributed by atoms with Gasteiger partial charge in [-0.05, 0) is 30.5 Å². The Kier molecular flexibility index (Phi) is 5.51. The Balaban J connectivity index is 2.00. The molecule has 1 aliphatic heterocycles. The standard InChI is InChI=1S/C14H20BrNO4S/c1-19-13-7-10(12(15)8-14(13)20-2)9-16-11-3-5-21(17,18)6-4-11/h7-8,11,16H,3-6,9H2,1-2H3. The van der Waals surface area contributed by atoms with Crippen LogP contribution >= 0.6 is 15.9 Å². The summed E-state index contributed by atoms with van der Waals surface area (Å²) in [5.41, 5.74) is 1.06. The van der Waals surface area contributed by atoms with E-state index >= 15 is 0 Å². The van der Waals surface area contributed by atoms with Gasteiger partial charge in [0.15, 0.2) is 11.5 Å². The van der Waals surface area contributed by atoms with E-state index in [1.54, 1.807) is 14.2 Å². The minimum atomic E-state index is -2.81. The second kappa shape index (κ2) is 6.98. The molecule has 0 bridgehead atoms. The van der Waals surface area contributed by atoms with Crippen molar-refractivity contribution in [1.29, 1.82) is 0 Å². The van der Waals surface area contributed by atoms with Crippen molar-refractivity contribution in [3.8, 4) is 11.5 Å². The van der Waals surface area contributed by atoms with Crippen LogP contribution in [0.15, 0.2) is 16.6 Å². The maximum Gasteiger partial charge on any atom is 0.161 e. The second-order valence-corrected chi connectivity index (χ2v) is 8.26. The van der Waals surface area contributed by atoms with Gasteiger partial charge in [-0.1, -0.05) is 15.9 Å². The number of sulfone groups is 1. The lowest BCUT2D eigenvalue weighted by Gasteiger charge is -2.23. The van der Waals surface area contributed by atoms with E-state index in [0.29, 0.717) is 30.9 Å². The molecule has 118 valence electrons. The molecule has 0 radical (unpaired) electrons. The van der Waals surface area contributed by atoms with Crippen LogP contribution in [-0.2, 0) is 16.4 Å². The lowest BCUT2D eigenvalue weighted by Crippen LogP contribution is -2.37. The summed E-state index contributed by atoms with van der Waals surface area (Å²) in [4.78, 5) is 0. The zero-order valence-corrected chi connectivity index (χ0v) is 14.6. The average Bonchev–Trinajstić information content (AvgIpc) is 2.46. The van der Waals surface area contributed by atoms with E-state index in [9.17, 15) is 8.42 Å². The molecule has 5 nitrogen and oxygen atoms in total. The van der Waals surface area contributed by atoms with E-state index in [0.717, 1.165) is 10.0 Å².